The van der Waals surface area contributed by atoms with Crippen LogP contribution in [0.3, 0.4) is 0 Å². The first-order valence-corrected chi connectivity index (χ1v) is 11.1. The number of pyridine rings is 1. The molecule has 1 fully saturated rings. The normalized spacial score (nSPS) is 23.7. The summed E-state index contributed by atoms with van der Waals surface area (Å²) in [6, 6.07) is 2.53. The Labute approximate surface area is 202 Å². The molecular weight excluding hydrogens is 462 g/mol. The van der Waals surface area contributed by atoms with E-state index in [4.69, 9.17) is 24.7 Å². The monoisotopic (exact) mass is 493 g/mol. The van der Waals surface area contributed by atoms with Gasteiger partial charge in [-0.3, -0.25) is 23.7 Å². The van der Waals surface area contributed by atoms with Gasteiger partial charge in [-0.05, 0) is 11.6 Å². The molecule has 4 atom stereocenters. The maximum Gasteiger partial charge on any atom is 0.308 e. The second kappa shape index (κ2) is 11.2. The Hall–Kier alpha value is -3.57. The van der Waals surface area contributed by atoms with E-state index < -0.39 is 72.0 Å². The molecule has 0 amide bonds. The Bertz CT molecular complexity index is 1060. The van der Waals surface area contributed by atoms with E-state index in [2.05, 4.69) is 10.0 Å². The fraction of sp³-hybridized carbons (Fsp3) is 0.636. The second-order valence-corrected chi connectivity index (χ2v) is 9.08. The minimum Gasteiger partial charge on any atom is -0.462 e. The van der Waals surface area contributed by atoms with Crippen molar-refractivity contribution in [1.82, 2.24) is 4.57 Å². The number of aromatic nitrogens is 1. The molecule has 13 nitrogen and oxygen atoms in total. The van der Waals surface area contributed by atoms with Crippen LogP contribution in [-0.4, -0.2) is 47.0 Å². The maximum absolute atomic E-state index is 12.7. The van der Waals surface area contributed by atoms with Crippen LogP contribution >= 0.6 is 0 Å². The molecule has 192 valence electrons. The van der Waals surface area contributed by atoms with Crippen molar-refractivity contribution in [3.8, 4) is 0 Å². The molecule has 2 rings (SSSR count). The van der Waals surface area contributed by atoms with Gasteiger partial charge in [-0.2, -0.15) is 0 Å². The van der Waals surface area contributed by atoms with Gasteiger partial charge < -0.3 is 24.7 Å². The van der Waals surface area contributed by atoms with Gasteiger partial charge in [0.25, 0.3) is 5.56 Å². The number of nitrogens with two attached hydrogens (primary N) is 1. The SMILES string of the molecule is CC(C)C(=O)OCC1(N=[N+]=[N-])O[C@@H](n2ccc(N)cc2=O)[C@H](OC(=O)C(C)C)[C@@H]1OC(=O)C(C)C. The van der Waals surface area contributed by atoms with Crippen molar-refractivity contribution in [2.75, 3.05) is 12.3 Å². The Morgan fingerprint density at radius 1 is 1.11 bits per heavy atom. The third-order valence-corrected chi connectivity index (χ3v) is 5.14. The second-order valence-electron chi connectivity index (χ2n) is 9.08. The smallest absolute Gasteiger partial charge is 0.308 e. The molecule has 1 unspecified atom stereocenters. The zero-order valence-corrected chi connectivity index (χ0v) is 20.5. The molecule has 2 N–H and O–H groups in total. The van der Waals surface area contributed by atoms with Crippen molar-refractivity contribution < 1.29 is 33.3 Å². The van der Waals surface area contributed by atoms with Gasteiger partial charge in [-0.25, -0.2) is 0 Å². The molecule has 1 saturated heterocycles. The summed E-state index contributed by atoms with van der Waals surface area (Å²) in [7, 11) is 0. The summed E-state index contributed by atoms with van der Waals surface area (Å²) in [4.78, 5) is 52.9. The Balaban J connectivity index is 2.69. The van der Waals surface area contributed by atoms with Gasteiger partial charge in [0.1, 0.15) is 6.61 Å². The van der Waals surface area contributed by atoms with Gasteiger partial charge in [0.15, 0.2) is 18.4 Å². The van der Waals surface area contributed by atoms with Gasteiger partial charge in [0, 0.05) is 22.9 Å². The van der Waals surface area contributed by atoms with Crippen molar-refractivity contribution in [2.24, 2.45) is 22.9 Å². The Morgan fingerprint density at radius 3 is 2.20 bits per heavy atom. The molecule has 0 spiro atoms. The van der Waals surface area contributed by atoms with Crippen LogP contribution in [0.2, 0.25) is 0 Å². The van der Waals surface area contributed by atoms with Crippen LogP contribution in [0.15, 0.2) is 28.2 Å². The summed E-state index contributed by atoms with van der Waals surface area (Å²) in [5, 5.41) is 3.68. The number of esters is 3. The molecule has 1 aromatic rings. The van der Waals surface area contributed by atoms with Crippen LogP contribution in [0.5, 0.6) is 0 Å². The molecule has 0 aromatic carbocycles. The van der Waals surface area contributed by atoms with Crippen LogP contribution in [-0.2, 0) is 33.3 Å². The van der Waals surface area contributed by atoms with E-state index in [-0.39, 0.29) is 5.69 Å². The first kappa shape index (κ1) is 27.7. The van der Waals surface area contributed by atoms with Crippen molar-refractivity contribution in [1.29, 1.82) is 0 Å². The molecule has 0 saturated carbocycles. The van der Waals surface area contributed by atoms with E-state index in [1.807, 2.05) is 0 Å². The number of azide groups is 1. The predicted octanol–water partition coefficient (Wildman–Crippen LogP) is 2.30. The number of rotatable bonds is 9. The largest absolute Gasteiger partial charge is 0.462 e. The van der Waals surface area contributed by atoms with Crippen molar-refractivity contribution in [3.63, 3.8) is 0 Å². The quantitative estimate of drug-likeness (QED) is 0.177. The average Bonchev–Trinajstić information content (AvgIpc) is 3.05. The summed E-state index contributed by atoms with van der Waals surface area (Å²) in [5.74, 6) is -3.78. The highest BCUT2D eigenvalue weighted by atomic mass is 16.7. The number of nitrogens with zero attached hydrogens (tertiary/aromatic N) is 4. The number of hydrogen-bond donors (Lipinski definition) is 1. The van der Waals surface area contributed by atoms with Crippen molar-refractivity contribution >= 4 is 23.6 Å². The van der Waals surface area contributed by atoms with Crippen molar-refractivity contribution in [3.05, 3.63) is 39.1 Å². The van der Waals surface area contributed by atoms with Crippen LogP contribution < -0.4 is 11.3 Å². The third kappa shape index (κ3) is 6.31. The van der Waals surface area contributed by atoms with Gasteiger partial charge >= 0.3 is 17.9 Å². The topological polar surface area (TPSA) is 185 Å². The number of carbonyl (C=O) groups is 3. The molecular formula is C22H31N5O8. The number of hydrogen-bond acceptors (Lipinski definition) is 10. The minimum atomic E-state index is -2.14. The van der Waals surface area contributed by atoms with Crippen LogP contribution in [0.4, 0.5) is 5.69 Å². The summed E-state index contributed by atoms with van der Waals surface area (Å²) in [6.07, 6.45) is -3.09. The molecule has 2 heterocycles. The van der Waals surface area contributed by atoms with E-state index >= 15 is 0 Å². The Kier molecular flexibility index (Phi) is 8.88. The molecule has 35 heavy (non-hydrogen) atoms. The van der Waals surface area contributed by atoms with E-state index in [1.54, 1.807) is 41.5 Å². The Morgan fingerprint density at radius 2 is 1.69 bits per heavy atom. The van der Waals surface area contributed by atoms with Gasteiger partial charge in [-0.1, -0.05) is 46.7 Å². The first-order chi connectivity index (χ1) is 16.3. The van der Waals surface area contributed by atoms with Crippen LogP contribution in [0.1, 0.15) is 47.8 Å². The predicted molar refractivity (Wildman–Crippen MR) is 122 cm³/mol. The number of nitrogen functional groups attached to an aromatic ring is 1. The number of carbonyl (C=O) groups excluding carboxylic acids is 3. The molecule has 1 aliphatic heterocycles. The molecule has 0 bridgehead atoms. The van der Waals surface area contributed by atoms with E-state index in [0.29, 0.717) is 0 Å². The molecule has 0 aliphatic carbocycles. The minimum absolute atomic E-state index is 0.176. The summed E-state index contributed by atoms with van der Waals surface area (Å²) in [5.41, 5.74) is 12.4. The van der Waals surface area contributed by atoms with E-state index in [0.717, 1.165) is 10.6 Å². The first-order valence-electron chi connectivity index (χ1n) is 11.1. The lowest BCUT2D eigenvalue weighted by Gasteiger charge is -2.30. The lowest BCUT2D eigenvalue weighted by molar-refractivity contribution is -0.182. The van der Waals surface area contributed by atoms with E-state index in [9.17, 15) is 24.7 Å². The summed E-state index contributed by atoms with van der Waals surface area (Å²) >= 11 is 0. The average molecular weight is 494 g/mol. The summed E-state index contributed by atoms with van der Waals surface area (Å²) < 4.78 is 23.5. The number of anilines is 1. The van der Waals surface area contributed by atoms with E-state index in [1.165, 1.54) is 12.3 Å². The maximum atomic E-state index is 12.7. The highest BCUT2D eigenvalue weighted by molar-refractivity contribution is 5.73. The standard InChI is InChI=1S/C22H31N5O8/c1-11(2)19(29)32-10-22(25-26-24)17(34-21(31)13(5)6)16(33-20(30)12(3)4)18(35-22)27-8-7-14(23)9-15(27)28/h7-9,11-13,16-18H,10,23H2,1-6H3/t16-,17+,18-,22?/m1/s1. The molecule has 1 aromatic heterocycles. The third-order valence-electron chi connectivity index (χ3n) is 5.14. The zero-order chi connectivity index (χ0) is 26.5. The zero-order valence-electron chi connectivity index (χ0n) is 20.5. The molecule has 1 aliphatic rings. The van der Waals surface area contributed by atoms with Crippen LogP contribution in [0.25, 0.3) is 10.4 Å². The molecule has 13 heteroatoms. The van der Waals surface area contributed by atoms with Crippen LogP contribution in [0, 0.1) is 17.8 Å². The number of ether oxygens (including phenoxy) is 4. The molecule has 0 radical (unpaired) electrons. The van der Waals surface area contributed by atoms with Gasteiger partial charge in [0.05, 0.1) is 17.8 Å². The summed E-state index contributed by atoms with van der Waals surface area (Å²) in [6.45, 7) is 8.84. The highest BCUT2D eigenvalue weighted by Crippen LogP contribution is 2.42. The van der Waals surface area contributed by atoms with Crippen molar-refractivity contribution in [2.45, 2.75) is 65.7 Å². The lowest BCUT2D eigenvalue weighted by atomic mass is 10.0. The fourth-order valence-electron chi connectivity index (χ4n) is 3.13. The van der Waals surface area contributed by atoms with Gasteiger partial charge in [0.2, 0.25) is 5.72 Å². The lowest BCUT2D eigenvalue weighted by Crippen LogP contribution is -2.50. The van der Waals surface area contributed by atoms with Gasteiger partial charge in [-0.15, -0.1) is 0 Å². The fourth-order valence-corrected chi connectivity index (χ4v) is 3.13. The highest BCUT2D eigenvalue weighted by Gasteiger charge is 2.61.